The second-order valence-corrected chi connectivity index (χ2v) is 17.8. The summed E-state index contributed by atoms with van der Waals surface area (Å²) in [6.07, 6.45) is 63.4. The van der Waals surface area contributed by atoms with Gasteiger partial charge < -0.3 is 14.2 Å². The Kier molecular flexibility index (Phi) is 49.4. The molecule has 0 bridgehead atoms. The molecule has 0 aromatic heterocycles. The summed E-state index contributed by atoms with van der Waals surface area (Å²) in [4.78, 5) is 38.0. The Balaban J connectivity index is 4.37. The Morgan fingerprint density at radius 1 is 0.317 bits per heavy atom. The van der Waals surface area contributed by atoms with Gasteiger partial charge in [0.15, 0.2) is 6.10 Å². The zero-order valence-corrected chi connectivity index (χ0v) is 41.6. The molecule has 63 heavy (non-hydrogen) atoms. The van der Waals surface area contributed by atoms with Gasteiger partial charge in [0.05, 0.1) is 0 Å². The summed E-state index contributed by atoms with van der Waals surface area (Å²) in [6.45, 7) is 6.57. The summed E-state index contributed by atoms with van der Waals surface area (Å²) in [6, 6.07) is 0. The molecule has 0 heterocycles. The van der Waals surface area contributed by atoms with Crippen molar-refractivity contribution in [2.24, 2.45) is 0 Å². The van der Waals surface area contributed by atoms with E-state index in [0.29, 0.717) is 19.3 Å². The first-order chi connectivity index (χ1) is 31.0. The van der Waals surface area contributed by atoms with E-state index in [1.807, 2.05) is 0 Å². The number of esters is 3. The molecule has 0 spiro atoms. The Bertz CT molecular complexity index is 1150. The molecular weight excluding hydrogens is 781 g/mol. The van der Waals surface area contributed by atoms with E-state index < -0.39 is 6.10 Å². The molecule has 6 heteroatoms. The van der Waals surface area contributed by atoms with E-state index in [1.165, 1.54) is 122 Å². The summed E-state index contributed by atoms with van der Waals surface area (Å²) < 4.78 is 16.8. The lowest BCUT2D eigenvalue weighted by molar-refractivity contribution is -0.167. The van der Waals surface area contributed by atoms with Crippen LogP contribution in [0, 0.1) is 0 Å². The van der Waals surface area contributed by atoms with Gasteiger partial charge in [-0.25, -0.2) is 0 Å². The van der Waals surface area contributed by atoms with Crippen molar-refractivity contribution in [1.82, 2.24) is 0 Å². The average molecular weight is 881 g/mol. The SMILES string of the molecule is CCCCC/C=C\C/C=C\C/C=C\CCCCCCCCC(=O)OCC(COC(=O)CCCCCCCCCCCC)OC(=O)CCCCCCC/C=C\C/C=C\CCCCCC. The lowest BCUT2D eigenvalue weighted by Gasteiger charge is -2.18. The van der Waals surface area contributed by atoms with Gasteiger partial charge in [-0.15, -0.1) is 0 Å². The standard InChI is InChI=1S/C57H100O6/c1-4-7-10-13-16-19-22-24-26-28-29-30-32-33-35-38-41-44-47-50-56(59)62-53-54(52-61-55(58)49-46-43-40-37-21-18-15-12-9-6-3)63-57(60)51-48-45-42-39-36-34-31-27-25-23-20-17-14-11-8-5-2/h16,19-20,23-24,26-27,29-31,54H,4-15,17-18,21-22,25,28,32-53H2,1-3H3/b19-16-,23-20-,26-24-,30-29-,31-27-. The molecule has 0 rings (SSSR count). The van der Waals surface area contributed by atoms with Gasteiger partial charge in [-0.3, -0.25) is 14.4 Å². The van der Waals surface area contributed by atoms with Crippen LogP contribution in [0.2, 0.25) is 0 Å². The Hall–Kier alpha value is -2.89. The van der Waals surface area contributed by atoms with Crippen molar-refractivity contribution < 1.29 is 28.6 Å². The summed E-state index contributed by atoms with van der Waals surface area (Å²) in [7, 11) is 0. The van der Waals surface area contributed by atoms with Gasteiger partial charge in [-0.1, -0.05) is 216 Å². The fourth-order valence-corrected chi connectivity index (χ4v) is 7.42. The predicted octanol–water partition coefficient (Wildman–Crippen LogP) is 17.6. The Morgan fingerprint density at radius 3 is 0.937 bits per heavy atom. The van der Waals surface area contributed by atoms with Crippen LogP contribution in [0.25, 0.3) is 0 Å². The first kappa shape index (κ1) is 60.1. The minimum absolute atomic E-state index is 0.0827. The van der Waals surface area contributed by atoms with Gasteiger partial charge in [0, 0.05) is 19.3 Å². The number of rotatable bonds is 48. The van der Waals surface area contributed by atoms with Crippen molar-refractivity contribution in [3.05, 3.63) is 60.8 Å². The fraction of sp³-hybridized carbons (Fsp3) is 0.772. The number of allylic oxidation sites excluding steroid dienone is 10. The van der Waals surface area contributed by atoms with Gasteiger partial charge in [0.25, 0.3) is 0 Å². The predicted molar refractivity (Wildman–Crippen MR) is 270 cm³/mol. The molecule has 0 saturated heterocycles. The zero-order valence-electron chi connectivity index (χ0n) is 41.6. The molecule has 0 fully saturated rings. The largest absolute Gasteiger partial charge is 0.462 e. The van der Waals surface area contributed by atoms with Crippen LogP contribution in [0.1, 0.15) is 265 Å². The Morgan fingerprint density at radius 2 is 0.571 bits per heavy atom. The van der Waals surface area contributed by atoms with E-state index in [0.717, 1.165) is 103 Å². The molecule has 0 aliphatic carbocycles. The monoisotopic (exact) mass is 881 g/mol. The number of hydrogen-bond donors (Lipinski definition) is 0. The van der Waals surface area contributed by atoms with Crippen LogP contribution in [0.4, 0.5) is 0 Å². The van der Waals surface area contributed by atoms with E-state index >= 15 is 0 Å². The summed E-state index contributed by atoms with van der Waals surface area (Å²) in [5, 5.41) is 0. The van der Waals surface area contributed by atoms with Crippen LogP contribution in [-0.4, -0.2) is 37.2 Å². The van der Waals surface area contributed by atoms with Crippen LogP contribution in [0.3, 0.4) is 0 Å². The molecule has 0 saturated carbocycles. The third kappa shape index (κ3) is 50.0. The Labute approximate surface area is 390 Å². The molecule has 0 aliphatic heterocycles. The van der Waals surface area contributed by atoms with Gasteiger partial charge in [0.2, 0.25) is 0 Å². The minimum atomic E-state index is -0.784. The number of carbonyl (C=O) groups is 3. The van der Waals surface area contributed by atoms with Crippen molar-refractivity contribution in [3.63, 3.8) is 0 Å². The van der Waals surface area contributed by atoms with E-state index in [1.54, 1.807) is 0 Å². The topological polar surface area (TPSA) is 78.9 Å². The molecule has 1 atom stereocenters. The van der Waals surface area contributed by atoms with Gasteiger partial charge >= 0.3 is 17.9 Å². The first-order valence-corrected chi connectivity index (χ1v) is 26.8. The normalized spacial score (nSPS) is 12.5. The maximum absolute atomic E-state index is 12.8. The molecular formula is C57H100O6. The maximum atomic E-state index is 12.8. The number of unbranched alkanes of at least 4 members (excludes halogenated alkanes) is 27. The molecule has 0 aromatic carbocycles. The highest BCUT2D eigenvalue weighted by Crippen LogP contribution is 2.14. The van der Waals surface area contributed by atoms with Crippen LogP contribution in [0.5, 0.6) is 0 Å². The summed E-state index contributed by atoms with van der Waals surface area (Å²) in [5.74, 6) is -0.905. The third-order valence-corrected chi connectivity index (χ3v) is 11.5. The maximum Gasteiger partial charge on any atom is 0.306 e. The molecule has 1 unspecified atom stereocenters. The first-order valence-electron chi connectivity index (χ1n) is 26.8. The van der Waals surface area contributed by atoms with Crippen molar-refractivity contribution in [2.45, 2.75) is 271 Å². The zero-order chi connectivity index (χ0) is 45.8. The molecule has 0 aromatic rings. The van der Waals surface area contributed by atoms with Crippen LogP contribution in [-0.2, 0) is 28.6 Å². The highest BCUT2D eigenvalue weighted by molar-refractivity contribution is 5.71. The van der Waals surface area contributed by atoms with Crippen molar-refractivity contribution in [1.29, 1.82) is 0 Å². The lowest BCUT2D eigenvalue weighted by Crippen LogP contribution is -2.30. The van der Waals surface area contributed by atoms with Crippen molar-refractivity contribution in [2.75, 3.05) is 13.2 Å². The highest BCUT2D eigenvalue weighted by Gasteiger charge is 2.19. The number of ether oxygens (including phenoxy) is 3. The highest BCUT2D eigenvalue weighted by atomic mass is 16.6. The van der Waals surface area contributed by atoms with Crippen LogP contribution < -0.4 is 0 Å². The summed E-state index contributed by atoms with van der Waals surface area (Å²) >= 11 is 0. The van der Waals surface area contributed by atoms with E-state index in [-0.39, 0.29) is 31.1 Å². The van der Waals surface area contributed by atoms with E-state index in [2.05, 4.69) is 81.5 Å². The van der Waals surface area contributed by atoms with Gasteiger partial charge in [-0.2, -0.15) is 0 Å². The molecule has 0 aliphatic rings. The van der Waals surface area contributed by atoms with Gasteiger partial charge in [0.1, 0.15) is 13.2 Å². The molecule has 6 nitrogen and oxygen atoms in total. The molecule has 0 N–H and O–H groups in total. The minimum Gasteiger partial charge on any atom is -0.462 e. The molecule has 364 valence electrons. The smallest absolute Gasteiger partial charge is 0.306 e. The van der Waals surface area contributed by atoms with Crippen LogP contribution >= 0.6 is 0 Å². The van der Waals surface area contributed by atoms with E-state index in [9.17, 15) is 14.4 Å². The fourth-order valence-electron chi connectivity index (χ4n) is 7.42. The van der Waals surface area contributed by atoms with Crippen LogP contribution in [0.15, 0.2) is 60.8 Å². The summed E-state index contributed by atoms with van der Waals surface area (Å²) in [5.41, 5.74) is 0. The van der Waals surface area contributed by atoms with E-state index in [4.69, 9.17) is 14.2 Å². The third-order valence-electron chi connectivity index (χ3n) is 11.5. The second-order valence-electron chi connectivity index (χ2n) is 17.8. The quantitative estimate of drug-likeness (QED) is 0.0262. The number of carbonyl (C=O) groups excluding carboxylic acids is 3. The number of hydrogen-bond acceptors (Lipinski definition) is 6. The molecule has 0 radical (unpaired) electrons. The second kappa shape index (κ2) is 51.7. The lowest BCUT2D eigenvalue weighted by atomic mass is 10.1. The molecule has 0 amide bonds. The van der Waals surface area contributed by atoms with Gasteiger partial charge in [-0.05, 0) is 89.9 Å². The van der Waals surface area contributed by atoms with Crippen molar-refractivity contribution >= 4 is 17.9 Å². The average Bonchev–Trinajstić information content (AvgIpc) is 3.28. The van der Waals surface area contributed by atoms with Crippen molar-refractivity contribution in [3.8, 4) is 0 Å².